The molecule has 0 amide bonds. The van der Waals surface area contributed by atoms with E-state index in [1.807, 2.05) is 0 Å². The van der Waals surface area contributed by atoms with Crippen LogP contribution < -0.4 is 5.32 Å². The number of hydrogen-bond donors (Lipinski definition) is 1. The van der Waals surface area contributed by atoms with Crippen LogP contribution in [0.25, 0.3) is 0 Å². The van der Waals surface area contributed by atoms with E-state index in [9.17, 15) is 0 Å². The summed E-state index contributed by atoms with van der Waals surface area (Å²) >= 11 is 0. The van der Waals surface area contributed by atoms with Crippen LogP contribution in [-0.2, 0) is 6.42 Å². The van der Waals surface area contributed by atoms with E-state index in [-0.39, 0.29) is 0 Å². The van der Waals surface area contributed by atoms with Crippen molar-refractivity contribution in [3.8, 4) is 0 Å². The summed E-state index contributed by atoms with van der Waals surface area (Å²) < 4.78 is 0. The van der Waals surface area contributed by atoms with Gasteiger partial charge in [-0.1, -0.05) is 24.3 Å². The summed E-state index contributed by atoms with van der Waals surface area (Å²) in [5, 5.41) is 3.76. The molecular weight excluding hydrogens is 232 g/mol. The van der Waals surface area contributed by atoms with E-state index in [0.717, 1.165) is 17.9 Å². The molecule has 2 heteroatoms. The summed E-state index contributed by atoms with van der Waals surface area (Å²) in [5.74, 6) is 1.78. The van der Waals surface area contributed by atoms with E-state index in [1.54, 1.807) is 11.1 Å². The SMILES string of the molecule is c1ccc2c(c1)CC2CN1CCCNC(C2CC2)C1. The lowest BCUT2D eigenvalue weighted by molar-refractivity contribution is 0.236. The van der Waals surface area contributed by atoms with Gasteiger partial charge in [0.25, 0.3) is 0 Å². The second-order valence-electron chi connectivity index (χ2n) is 6.61. The molecule has 2 atom stereocenters. The van der Waals surface area contributed by atoms with Gasteiger partial charge in [0.15, 0.2) is 0 Å². The van der Waals surface area contributed by atoms with Gasteiger partial charge < -0.3 is 10.2 Å². The van der Waals surface area contributed by atoms with Gasteiger partial charge in [-0.15, -0.1) is 0 Å². The smallest absolute Gasteiger partial charge is 0.0223 e. The molecule has 1 saturated heterocycles. The number of nitrogens with one attached hydrogen (secondary N) is 1. The predicted octanol–water partition coefficient (Wildman–Crippen LogP) is 2.40. The maximum atomic E-state index is 3.76. The second-order valence-corrected chi connectivity index (χ2v) is 6.61. The third-order valence-corrected chi connectivity index (χ3v) is 5.14. The zero-order valence-electron chi connectivity index (χ0n) is 11.6. The molecule has 0 bridgehead atoms. The van der Waals surface area contributed by atoms with Crippen molar-refractivity contribution in [3.05, 3.63) is 35.4 Å². The first-order valence-corrected chi connectivity index (χ1v) is 7.94. The Labute approximate surface area is 116 Å². The van der Waals surface area contributed by atoms with Gasteiger partial charge in [0, 0.05) is 25.0 Å². The van der Waals surface area contributed by atoms with Crippen LogP contribution in [0.15, 0.2) is 24.3 Å². The summed E-state index contributed by atoms with van der Waals surface area (Å²) in [7, 11) is 0. The summed E-state index contributed by atoms with van der Waals surface area (Å²) in [6, 6.07) is 9.77. The summed E-state index contributed by atoms with van der Waals surface area (Å²) in [4.78, 5) is 2.73. The van der Waals surface area contributed by atoms with Gasteiger partial charge in [-0.25, -0.2) is 0 Å². The van der Waals surface area contributed by atoms with Crippen molar-refractivity contribution >= 4 is 0 Å². The zero-order chi connectivity index (χ0) is 12.7. The highest BCUT2D eigenvalue weighted by Crippen LogP contribution is 2.37. The zero-order valence-corrected chi connectivity index (χ0v) is 11.6. The van der Waals surface area contributed by atoms with Crippen LogP contribution in [-0.4, -0.2) is 37.1 Å². The van der Waals surface area contributed by atoms with Gasteiger partial charge in [-0.05, 0) is 55.8 Å². The third kappa shape index (κ3) is 2.44. The Balaban J connectivity index is 1.39. The fourth-order valence-corrected chi connectivity index (χ4v) is 3.84. The predicted molar refractivity (Wildman–Crippen MR) is 78.5 cm³/mol. The second kappa shape index (κ2) is 4.92. The first-order chi connectivity index (χ1) is 9.40. The lowest BCUT2D eigenvalue weighted by atomic mass is 9.77. The largest absolute Gasteiger partial charge is 0.312 e. The van der Waals surface area contributed by atoms with E-state index in [4.69, 9.17) is 0 Å². The van der Waals surface area contributed by atoms with Gasteiger partial charge in [0.05, 0.1) is 0 Å². The highest BCUT2D eigenvalue weighted by molar-refractivity contribution is 5.40. The fraction of sp³-hybridized carbons (Fsp3) is 0.647. The molecule has 1 aromatic rings. The van der Waals surface area contributed by atoms with Gasteiger partial charge >= 0.3 is 0 Å². The Bertz CT molecular complexity index is 452. The Morgan fingerprint density at radius 2 is 2.11 bits per heavy atom. The lowest BCUT2D eigenvalue weighted by Crippen LogP contribution is -2.41. The fourth-order valence-electron chi connectivity index (χ4n) is 3.84. The number of rotatable bonds is 3. The van der Waals surface area contributed by atoms with Crippen LogP contribution >= 0.6 is 0 Å². The molecule has 3 aliphatic rings. The Hall–Kier alpha value is -0.860. The summed E-state index contributed by atoms with van der Waals surface area (Å²) in [6.45, 7) is 5.07. The first-order valence-electron chi connectivity index (χ1n) is 7.94. The van der Waals surface area contributed by atoms with Crippen LogP contribution in [0.2, 0.25) is 0 Å². The average molecular weight is 256 g/mol. The van der Waals surface area contributed by atoms with Crippen molar-refractivity contribution in [2.24, 2.45) is 5.92 Å². The van der Waals surface area contributed by atoms with Crippen molar-refractivity contribution in [2.45, 2.75) is 37.6 Å². The standard InChI is InChI=1S/C17H24N2/c1-2-5-16-14(4-1)10-15(16)11-19-9-3-8-18-17(12-19)13-6-7-13/h1-2,4-5,13,15,17-18H,3,6-12H2. The minimum Gasteiger partial charge on any atom is -0.312 e. The van der Waals surface area contributed by atoms with E-state index in [1.165, 1.54) is 51.9 Å². The van der Waals surface area contributed by atoms with E-state index < -0.39 is 0 Å². The number of benzene rings is 1. The van der Waals surface area contributed by atoms with Gasteiger partial charge in [-0.3, -0.25) is 0 Å². The van der Waals surface area contributed by atoms with Crippen LogP contribution in [0.1, 0.15) is 36.3 Å². The number of fused-ring (bicyclic) bond motifs is 1. The quantitative estimate of drug-likeness (QED) is 0.893. The molecule has 0 aromatic heterocycles. The number of hydrogen-bond acceptors (Lipinski definition) is 2. The van der Waals surface area contributed by atoms with E-state index in [0.29, 0.717) is 0 Å². The van der Waals surface area contributed by atoms with Crippen molar-refractivity contribution in [3.63, 3.8) is 0 Å². The normalized spacial score (nSPS) is 31.4. The minimum atomic E-state index is 0.776. The van der Waals surface area contributed by atoms with Crippen LogP contribution in [0.4, 0.5) is 0 Å². The highest BCUT2D eigenvalue weighted by atomic mass is 15.2. The molecule has 102 valence electrons. The van der Waals surface area contributed by atoms with Crippen LogP contribution in [0, 0.1) is 5.92 Å². The van der Waals surface area contributed by atoms with Crippen LogP contribution in [0.5, 0.6) is 0 Å². The Morgan fingerprint density at radius 3 is 2.95 bits per heavy atom. The molecule has 2 fully saturated rings. The highest BCUT2D eigenvalue weighted by Gasteiger charge is 2.34. The van der Waals surface area contributed by atoms with Gasteiger partial charge in [0.2, 0.25) is 0 Å². The molecule has 1 heterocycles. The Kier molecular flexibility index (Phi) is 3.08. The molecule has 2 aliphatic carbocycles. The maximum absolute atomic E-state index is 3.76. The molecule has 19 heavy (non-hydrogen) atoms. The summed E-state index contributed by atoms with van der Waals surface area (Å²) in [5.41, 5.74) is 3.20. The first kappa shape index (κ1) is 11.9. The van der Waals surface area contributed by atoms with Crippen LogP contribution in [0.3, 0.4) is 0 Å². The minimum absolute atomic E-state index is 0.776. The molecular formula is C17H24N2. The molecule has 4 rings (SSSR count). The van der Waals surface area contributed by atoms with Crippen molar-refractivity contribution in [2.75, 3.05) is 26.2 Å². The van der Waals surface area contributed by atoms with Gasteiger partial charge in [-0.2, -0.15) is 0 Å². The van der Waals surface area contributed by atoms with E-state index >= 15 is 0 Å². The summed E-state index contributed by atoms with van der Waals surface area (Å²) in [6.07, 6.45) is 5.53. The molecule has 0 spiro atoms. The van der Waals surface area contributed by atoms with E-state index in [2.05, 4.69) is 34.5 Å². The molecule has 2 nitrogen and oxygen atoms in total. The average Bonchev–Trinajstić information content (AvgIpc) is 3.22. The lowest BCUT2D eigenvalue weighted by Gasteiger charge is -2.35. The Morgan fingerprint density at radius 1 is 1.21 bits per heavy atom. The molecule has 1 saturated carbocycles. The van der Waals surface area contributed by atoms with Crippen molar-refractivity contribution in [1.29, 1.82) is 0 Å². The molecule has 2 unspecified atom stereocenters. The van der Waals surface area contributed by atoms with Gasteiger partial charge in [0.1, 0.15) is 0 Å². The van der Waals surface area contributed by atoms with Crippen molar-refractivity contribution in [1.82, 2.24) is 10.2 Å². The maximum Gasteiger partial charge on any atom is 0.0223 e. The monoisotopic (exact) mass is 256 g/mol. The molecule has 1 aliphatic heterocycles. The third-order valence-electron chi connectivity index (χ3n) is 5.14. The van der Waals surface area contributed by atoms with Crippen molar-refractivity contribution < 1.29 is 0 Å². The molecule has 1 N–H and O–H groups in total. The topological polar surface area (TPSA) is 15.3 Å². The molecule has 1 aromatic carbocycles. The molecule has 0 radical (unpaired) electrons. The number of nitrogens with zero attached hydrogens (tertiary/aromatic N) is 1.